The molecule has 1 aromatic heterocycles. The molecule has 16 heavy (non-hydrogen) atoms. The predicted molar refractivity (Wildman–Crippen MR) is 60.1 cm³/mol. The zero-order chi connectivity index (χ0) is 11.2. The molecule has 0 spiro atoms. The van der Waals surface area contributed by atoms with E-state index in [9.17, 15) is 9.32 Å². The molecular weight excluding hydrogens is 224 g/mol. The first-order chi connectivity index (χ1) is 7.69. The van der Waals surface area contributed by atoms with Gasteiger partial charge < -0.3 is 5.11 Å². The molecule has 0 amide bonds. The molecule has 5 heteroatoms. The Morgan fingerprint density at radius 1 is 1.25 bits per heavy atom. The van der Waals surface area contributed by atoms with Crippen LogP contribution in [0, 0.1) is 0 Å². The van der Waals surface area contributed by atoms with Gasteiger partial charge in [-0.25, -0.2) is 9.97 Å². The molecule has 2 bridgehead atoms. The van der Waals surface area contributed by atoms with Gasteiger partial charge in [0.15, 0.2) is 5.82 Å². The average molecular weight is 238 g/mol. The summed E-state index contributed by atoms with van der Waals surface area (Å²) in [5.74, 6) is 0.489. The Hall–Kier alpha value is -0.810. The van der Waals surface area contributed by atoms with Crippen molar-refractivity contribution in [2.45, 2.75) is 41.8 Å². The van der Waals surface area contributed by atoms with Crippen LogP contribution >= 0.6 is 0 Å². The smallest absolute Gasteiger partial charge is 0.160 e. The number of hydrogen-bond acceptors (Lipinski definition) is 4. The summed E-state index contributed by atoms with van der Waals surface area (Å²) in [4.78, 5) is 8.27. The van der Waals surface area contributed by atoms with E-state index in [1.54, 1.807) is 18.5 Å². The number of hydrogen-bond donors (Lipinski definition) is 1. The molecule has 2 saturated heterocycles. The normalized spacial score (nSPS) is 42.2. The molecule has 2 aliphatic heterocycles. The Bertz CT molecular complexity index is 407. The zero-order valence-corrected chi connectivity index (χ0v) is 9.69. The molecule has 2 atom stereocenters. The van der Waals surface area contributed by atoms with E-state index in [2.05, 4.69) is 9.97 Å². The number of rotatable bonds is 1. The molecule has 2 unspecified atom stereocenters. The summed E-state index contributed by atoms with van der Waals surface area (Å²) in [6, 6.07) is 1.74. The number of nitrogens with zero attached hydrogens (tertiary/aromatic N) is 2. The van der Waals surface area contributed by atoms with Gasteiger partial charge in [0, 0.05) is 33.7 Å². The second-order valence-electron chi connectivity index (χ2n) is 4.66. The van der Waals surface area contributed by atoms with Crippen molar-refractivity contribution < 1.29 is 9.32 Å². The van der Waals surface area contributed by atoms with E-state index in [-0.39, 0.29) is 10.5 Å². The zero-order valence-electron chi connectivity index (χ0n) is 8.87. The summed E-state index contributed by atoms with van der Waals surface area (Å²) in [7, 11) is -0.755. The van der Waals surface area contributed by atoms with Crippen molar-refractivity contribution >= 4 is 10.8 Å². The van der Waals surface area contributed by atoms with Gasteiger partial charge in [-0.3, -0.25) is 4.21 Å². The standard InChI is InChI=1S/C11H14N2O2S/c14-11(10-12-4-1-5-13-10)6-8-2-3-9(7-11)16(8)15/h1,4-5,8-9,14H,2-3,6-7H2. The second-order valence-corrected chi connectivity index (χ2v) is 6.65. The van der Waals surface area contributed by atoms with Gasteiger partial charge in [-0.05, 0) is 31.7 Å². The van der Waals surface area contributed by atoms with E-state index >= 15 is 0 Å². The third kappa shape index (κ3) is 1.50. The van der Waals surface area contributed by atoms with Crippen molar-refractivity contribution in [3.8, 4) is 0 Å². The first-order valence-electron chi connectivity index (χ1n) is 5.58. The average Bonchev–Trinajstić information content (AvgIpc) is 2.54. The molecule has 0 radical (unpaired) electrons. The van der Waals surface area contributed by atoms with E-state index in [1.165, 1.54) is 0 Å². The van der Waals surface area contributed by atoms with Gasteiger partial charge in [-0.2, -0.15) is 0 Å². The van der Waals surface area contributed by atoms with E-state index in [0.717, 1.165) is 12.8 Å². The summed E-state index contributed by atoms with van der Waals surface area (Å²) in [6.07, 6.45) is 6.31. The Labute approximate surface area is 96.6 Å². The summed E-state index contributed by atoms with van der Waals surface area (Å²) in [5, 5.41) is 10.8. The topological polar surface area (TPSA) is 63.1 Å². The van der Waals surface area contributed by atoms with Crippen LogP contribution in [0.5, 0.6) is 0 Å². The van der Waals surface area contributed by atoms with Crippen LogP contribution in [0.25, 0.3) is 0 Å². The van der Waals surface area contributed by atoms with Gasteiger partial charge >= 0.3 is 0 Å². The van der Waals surface area contributed by atoms with Crippen molar-refractivity contribution in [3.63, 3.8) is 0 Å². The molecule has 3 rings (SSSR count). The highest BCUT2D eigenvalue weighted by Gasteiger charge is 2.49. The highest BCUT2D eigenvalue weighted by Crippen LogP contribution is 2.44. The van der Waals surface area contributed by atoms with E-state index in [1.807, 2.05) is 0 Å². The molecular formula is C11H14N2O2S. The second kappa shape index (κ2) is 3.60. The van der Waals surface area contributed by atoms with Crippen LogP contribution in [0.15, 0.2) is 18.5 Å². The van der Waals surface area contributed by atoms with Crippen molar-refractivity contribution in [2.75, 3.05) is 0 Å². The quantitative estimate of drug-likeness (QED) is 0.783. The molecule has 1 aromatic rings. The molecule has 2 fully saturated rings. The van der Waals surface area contributed by atoms with Crippen molar-refractivity contribution in [1.29, 1.82) is 0 Å². The fourth-order valence-corrected chi connectivity index (χ4v) is 4.96. The van der Waals surface area contributed by atoms with Crippen LogP contribution in [-0.4, -0.2) is 29.8 Å². The maximum Gasteiger partial charge on any atom is 0.160 e. The lowest BCUT2D eigenvalue weighted by atomic mass is 9.92. The Morgan fingerprint density at radius 3 is 2.38 bits per heavy atom. The van der Waals surface area contributed by atoms with E-state index in [4.69, 9.17) is 0 Å². The molecule has 1 N–H and O–H groups in total. The fraction of sp³-hybridized carbons (Fsp3) is 0.636. The summed E-state index contributed by atoms with van der Waals surface area (Å²) >= 11 is 0. The SMILES string of the molecule is O=S1C2CCC1CC(O)(c1ncccn1)C2. The largest absolute Gasteiger partial charge is 0.382 e. The maximum absolute atomic E-state index is 11.9. The van der Waals surface area contributed by atoms with Gasteiger partial charge in [-0.1, -0.05) is 0 Å². The first-order valence-corrected chi connectivity index (χ1v) is 6.86. The van der Waals surface area contributed by atoms with Crippen LogP contribution in [0.4, 0.5) is 0 Å². The van der Waals surface area contributed by atoms with Gasteiger partial charge in [-0.15, -0.1) is 0 Å². The highest BCUT2D eigenvalue weighted by atomic mass is 32.2. The van der Waals surface area contributed by atoms with Crippen molar-refractivity contribution in [1.82, 2.24) is 9.97 Å². The van der Waals surface area contributed by atoms with Crippen molar-refractivity contribution in [3.05, 3.63) is 24.3 Å². The summed E-state index contributed by atoms with van der Waals surface area (Å²) in [5.41, 5.74) is -0.957. The molecule has 3 heterocycles. The molecule has 0 aromatic carbocycles. The number of aromatic nitrogens is 2. The van der Waals surface area contributed by atoms with Gasteiger partial charge in [0.05, 0.1) is 0 Å². The van der Waals surface area contributed by atoms with E-state index in [0.29, 0.717) is 18.7 Å². The van der Waals surface area contributed by atoms with Gasteiger partial charge in [0.1, 0.15) is 5.60 Å². The Kier molecular flexibility index (Phi) is 2.33. The van der Waals surface area contributed by atoms with Crippen LogP contribution in [0.3, 0.4) is 0 Å². The number of aliphatic hydroxyl groups is 1. The minimum Gasteiger partial charge on any atom is -0.382 e. The maximum atomic E-state index is 11.9. The van der Waals surface area contributed by atoms with Gasteiger partial charge in [0.25, 0.3) is 0 Å². The van der Waals surface area contributed by atoms with Crippen LogP contribution in [0.1, 0.15) is 31.5 Å². The Balaban J connectivity index is 1.94. The van der Waals surface area contributed by atoms with Crippen LogP contribution < -0.4 is 0 Å². The lowest BCUT2D eigenvalue weighted by molar-refractivity contribution is 0.00959. The predicted octanol–water partition coefficient (Wildman–Crippen LogP) is 0.738. The van der Waals surface area contributed by atoms with Crippen LogP contribution in [0.2, 0.25) is 0 Å². The fourth-order valence-electron chi connectivity index (χ4n) is 2.80. The summed E-state index contributed by atoms with van der Waals surface area (Å²) in [6.45, 7) is 0. The van der Waals surface area contributed by atoms with E-state index < -0.39 is 16.4 Å². The van der Waals surface area contributed by atoms with Crippen LogP contribution in [-0.2, 0) is 16.4 Å². The molecule has 0 aliphatic carbocycles. The summed E-state index contributed by atoms with van der Waals surface area (Å²) < 4.78 is 11.9. The minimum atomic E-state index is -0.957. The Morgan fingerprint density at radius 2 is 1.81 bits per heavy atom. The highest BCUT2D eigenvalue weighted by molar-refractivity contribution is 7.86. The number of fused-ring (bicyclic) bond motifs is 2. The third-order valence-corrected chi connectivity index (χ3v) is 5.70. The lowest BCUT2D eigenvalue weighted by Crippen LogP contribution is -2.41. The molecule has 0 saturated carbocycles. The monoisotopic (exact) mass is 238 g/mol. The first kappa shape index (κ1) is 10.4. The van der Waals surface area contributed by atoms with Crippen molar-refractivity contribution in [2.24, 2.45) is 0 Å². The molecule has 86 valence electrons. The molecule has 4 nitrogen and oxygen atoms in total. The van der Waals surface area contributed by atoms with Gasteiger partial charge in [0.2, 0.25) is 0 Å². The molecule has 2 aliphatic rings. The third-order valence-electron chi connectivity index (χ3n) is 3.58. The minimum absolute atomic E-state index is 0.132. The lowest BCUT2D eigenvalue weighted by Gasteiger charge is -2.34.